The Morgan fingerprint density at radius 1 is 0.430 bits per heavy atom. The molecule has 714 valence electrons. The van der Waals surface area contributed by atoms with Gasteiger partial charge in [0.2, 0.25) is 40.1 Å². The number of nitrogen functional groups attached to an aromatic ring is 1. The molecular weight excluding hydrogens is 1900 g/mol. The van der Waals surface area contributed by atoms with Crippen molar-refractivity contribution in [2.75, 3.05) is 161 Å². The van der Waals surface area contributed by atoms with Gasteiger partial charge in [0, 0.05) is 61.2 Å². The number of aryl methyl sites for hydroxylation is 2. The first-order chi connectivity index (χ1) is 58.1. The van der Waals surface area contributed by atoms with Crippen LogP contribution in [0.4, 0.5) is 20.4 Å². The number of nitrogens with two attached hydrogens (primary N) is 1. The molecule has 5 aliphatic rings. The minimum absolute atomic E-state index is 0. The zero-order chi connectivity index (χ0) is 91.1. The number of carbonyl (C=O) groups is 5. The van der Waals surface area contributed by atoms with E-state index in [9.17, 15) is 74.8 Å². The van der Waals surface area contributed by atoms with Crippen LogP contribution in [0.5, 0.6) is 28.7 Å². The number of likely N-dealkylation sites (N-methyl/N-ethyl adjacent to an activating group) is 4. The maximum atomic E-state index is 13.4. The fourth-order valence-electron chi connectivity index (χ4n) is 12.5. The van der Waals surface area contributed by atoms with Crippen LogP contribution in [0.1, 0.15) is 95.3 Å². The third-order valence-electron chi connectivity index (χ3n) is 19.9. The summed E-state index contributed by atoms with van der Waals surface area (Å²) in [6, 6.07) is 24.6. The number of carboxylic acid groups (broad SMARTS) is 1. The topological polar surface area (TPSA) is 464 Å². The number of nitrogens with one attached hydrogen (secondary N) is 1. The molecule has 7 heterocycles. The molecule has 5 aliphatic heterocycles. The number of ether oxygens (including phenoxy) is 12. The summed E-state index contributed by atoms with van der Waals surface area (Å²) in [4.78, 5) is 66.4. The van der Waals surface area contributed by atoms with Crippen molar-refractivity contribution in [3.63, 3.8) is 0 Å². The molecule has 5 aromatic carbocycles. The van der Waals surface area contributed by atoms with Crippen LogP contribution in [-0.4, -0.2) is 277 Å². The number of halogens is 3. The van der Waals surface area contributed by atoms with E-state index in [1.165, 1.54) is 211 Å². The zero-order valence-electron chi connectivity index (χ0n) is 72.1. The maximum Gasteiger partial charge on any atom is 0.341 e. The van der Waals surface area contributed by atoms with E-state index in [2.05, 4.69) is 24.8 Å². The highest BCUT2D eigenvalue weighted by atomic mass is 35.5. The lowest BCUT2D eigenvalue weighted by Gasteiger charge is -2.23. The standard InChI is InChI=1S/C19H22FN3O5S.C14H19NO6S.C14H18O6S.C13H16ClNO5S.C13H17NO6S.C6H7FN2.5H2S/c1-12-16(20)5-7-18(21-12)22-19(24)15-10-14(4-6-17(15)27-3)29(25,26)23(2)13-8-9-28-11-13;1-15(10-6-7-21-9-10)22(17,18)11-4-5-13(19-2)12(8-11)14(16)20-3;1-18-13-4-3-11(7-12(13)14(15)19-2)21(16,17)9-10-5-6-20-8-10;1-15(9-5-6-20-8-9)21(17,18)10-3-4-12(19-2)11(7-10)13(14)16;1-14(9-5-6-20-8-9)21(17,18)10-3-4-12(19-2)11(7-10)13(15)16;1-4-5(7)2-3-6(8)9-4;;;;;/h4-7,10,13H,8-9,11H2,1-3H3,(H,21,22,24);4-5,8,10H,6-7,9H2,1-3H3;3-4,7,10H,5-6,8-9H2,1-2H3;3-4,7,9H,5-6,8H2,1-2H3;3-4,7,9H,5-6,8H2,1-2H3,(H,15,16);2-3H,1H3,(H2,8,9);5*1H2/t13-;2*10-;2*9-;;;;;;/m00000....../s1. The molecule has 0 aliphatic carbocycles. The van der Waals surface area contributed by atoms with E-state index in [1.807, 2.05) is 0 Å². The molecule has 2 aromatic heterocycles. The largest absolute Gasteiger partial charge is 0.496 e. The first-order valence-corrected chi connectivity index (χ1v) is 45.2. The molecule has 4 N–H and O–H groups in total. The van der Waals surface area contributed by atoms with Crippen molar-refractivity contribution < 1.29 is 137 Å². The number of aromatic nitrogens is 2. The number of carboxylic acids is 1. The lowest BCUT2D eigenvalue weighted by Crippen LogP contribution is -2.37. The molecule has 128 heavy (non-hydrogen) atoms. The number of carbonyl (C=O) groups excluding carboxylic acids is 4. The van der Waals surface area contributed by atoms with Gasteiger partial charge in [0.1, 0.15) is 68.7 Å². The van der Waals surface area contributed by atoms with Crippen molar-refractivity contribution in [1.29, 1.82) is 0 Å². The van der Waals surface area contributed by atoms with Crippen molar-refractivity contribution in [2.45, 2.75) is 94.6 Å². The highest BCUT2D eigenvalue weighted by Crippen LogP contribution is 2.34. The number of anilines is 2. The SMILES string of the molecule is COC(=O)c1cc(S(=O)(=O)C[C@H]2CCOC2)ccc1OC.COC(=O)c1cc(S(=O)(=O)N(C)[C@H]2CCOC2)ccc1OC.COc1ccc(S(=O)(=O)N(C)[C@H]2CCOC2)cc1C(=O)Cl.COc1ccc(S(=O)(=O)N(C)[C@H]2CCOC2)cc1C(=O)Nc1ccc(F)c(C)n1.COc1ccc(S(=O)(=O)N(C)[C@H]2CCOC2)cc1C(=O)O.Cc1nc(N)ccc1F.S.S.S.S.S. The summed E-state index contributed by atoms with van der Waals surface area (Å²) in [5.41, 5.74) is 5.76. The van der Waals surface area contributed by atoms with Crippen LogP contribution in [-0.2, 0) is 83.1 Å². The van der Waals surface area contributed by atoms with Crippen molar-refractivity contribution in [1.82, 2.24) is 27.2 Å². The summed E-state index contributed by atoms with van der Waals surface area (Å²) in [6.07, 6.45) is 3.26. The minimum Gasteiger partial charge on any atom is -0.496 e. The summed E-state index contributed by atoms with van der Waals surface area (Å²) in [6.45, 7) is 7.62. The number of benzene rings is 5. The Kier molecular flexibility index (Phi) is 48.0. The summed E-state index contributed by atoms with van der Waals surface area (Å²) in [7, 11) is -3.18. The number of methoxy groups -OCH3 is 7. The first kappa shape index (κ1) is 116. The molecule has 7 aromatic rings. The molecule has 36 nitrogen and oxygen atoms in total. The Bertz CT molecular complexity index is 5390. The Morgan fingerprint density at radius 3 is 1.03 bits per heavy atom. The number of rotatable bonds is 26. The normalized spacial score (nSPS) is 16.9. The fraction of sp³-hybridized carbons (Fsp3) is 0.430. The Hall–Kier alpha value is -7.96. The number of hydrogen-bond acceptors (Lipinski definition) is 30. The molecule has 5 atom stereocenters. The number of hydrogen-bond donors (Lipinski definition) is 3. The van der Waals surface area contributed by atoms with Crippen LogP contribution in [0, 0.1) is 31.4 Å². The van der Waals surface area contributed by atoms with Crippen molar-refractivity contribution in [2.24, 2.45) is 5.92 Å². The van der Waals surface area contributed by atoms with Crippen LogP contribution in [0.15, 0.2) is 140 Å². The van der Waals surface area contributed by atoms with Gasteiger partial charge in [-0.3, -0.25) is 9.59 Å². The molecule has 0 unspecified atom stereocenters. The Balaban J connectivity index is 0.000000526. The summed E-state index contributed by atoms with van der Waals surface area (Å²) in [5, 5.41) is 10.9. The summed E-state index contributed by atoms with van der Waals surface area (Å²) < 4.78 is 218. The molecule has 0 bridgehead atoms. The second-order valence-corrected chi connectivity index (χ2v) is 37.9. The molecular formula is C79H109ClF2N8O28S10. The lowest BCUT2D eigenvalue weighted by molar-refractivity contribution is 0.0587. The monoisotopic (exact) mass is 2010 g/mol. The number of esters is 2. The zero-order valence-corrected chi connectivity index (χ0v) is 81.9. The lowest BCUT2D eigenvalue weighted by atomic mass is 10.2. The molecule has 0 radical (unpaired) electrons. The molecule has 1 amide bonds. The van der Waals surface area contributed by atoms with Gasteiger partial charge in [-0.15, -0.1) is 0 Å². The summed E-state index contributed by atoms with van der Waals surface area (Å²) in [5.74, 6) is -2.34. The number of nitrogens with zero attached hydrogens (tertiary/aromatic N) is 6. The van der Waals surface area contributed by atoms with Gasteiger partial charge in [-0.25, -0.2) is 75.2 Å². The van der Waals surface area contributed by atoms with E-state index in [4.69, 9.17) is 69.8 Å². The minimum atomic E-state index is -3.84. The van der Waals surface area contributed by atoms with Gasteiger partial charge in [-0.05, 0) is 179 Å². The number of sulfone groups is 1. The molecule has 12 rings (SSSR count). The second-order valence-electron chi connectivity index (χ2n) is 27.6. The van der Waals surface area contributed by atoms with E-state index < -0.39 is 84.8 Å². The Labute approximate surface area is 784 Å². The average molecular weight is 2010 g/mol. The van der Waals surface area contributed by atoms with Gasteiger partial charge in [0.15, 0.2) is 9.84 Å². The number of amides is 1. The first-order valence-electron chi connectivity index (χ1n) is 37.4. The van der Waals surface area contributed by atoms with Gasteiger partial charge >= 0.3 is 17.9 Å². The molecule has 0 saturated carbocycles. The van der Waals surface area contributed by atoms with Crippen LogP contribution in [0.25, 0.3) is 0 Å². The Morgan fingerprint density at radius 2 is 0.727 bits per heavy atom. The van der Waals surface area contributed by atoms with Crippen LogP contribution in [0.2, 0.25) is 0 Å². The smallest absolute Gasteiger partial charge is 0.341 e. The van der Waals surface area contributed by atoms with E-state index >= 15 is 0 Å². The van der Waals surface area contributed by atoms with E-state index in [0.717, 1.165) is 12.5 Å². The third-order valence-corrected chi connectivity index (χ3v) is 29.6. The van der Waals surface area contributed by atoms with Crippen LogP contribution >= 0.6 is 79.1 Å². The molecule has 5 saturated heterocycles. The van der Waals surface area contributed by atoms with Gasteiger partial charge < -0.3 is 73.0 Å². The fourth-order valence-corrected chi connectivity index (χ4v) is 19.9. The quantitative estimate of drug-likeness (QED) is 0.0338. The van der Waals surface area contributed by atoms with Crippen LogP contribution in [0.3, 0.4) is 0 Å². The molecule has 0 spiro atoms. The predicted molar refractivity (Wildman–Crippen MR) is 495 cm³/mol. The molecule has 49 heteroatoms. The van der Waals surface area contributed by atoms with Gasteiger partial charge in [-0.2, -0.15) is 84.7 Å². The van der Waals surface area contributed by atoms with Gasteiger partial charge in [0.25, 0.3) is 11.1 Å². The number of pyridine rings is 2. The van der Waals surface area contributed by atoms with Crippen LogP contribution < -0.4 is 34.7 Å². The number of aromatic carboxylic acids is 1. The third kappa shape index (κ3) is 30.3. The van der Waals surface area contributed by atoms with E-state index in [1.54, 1.807) is 6.92 Å². The van der Waals surface area contributed by atoms with Crippen molar-refractivity contribution in [3.05, 3.63) is 166 Å². The highest BCUT2D eigenvalue weighted by Gasteiger charge is 2.37. The molecule has 5 fully saturated rings. The second kappa shape index (κ2) is 52.9. The maximum absolute atomic E-state index is 13.4. The van der Waals surface area contributed by atoms with Crippen molar-refractivity contribution >= 4 is 170 Å². The predicted octanol–water partition coefficient (Wildman–Crippen LogP) is 8.34. The highest BCUT2D eigenvalue weighted by molar-refractivity contribution is 7.91. The van der Waals surface area contributed by atoms with Gasteiger partial charge in [-0.1, -0.05) is 0 Å². The summed E-state index contributed by atoms with van der Waals surface area (Å²) >= 11 is 5.47. The number of sulfonamides is 4. The van der Waals surface area contributed by atoms with E-state index in [0.29, 0.717) is 103 Å². The average Bonchev–Trinajstić information content (AvgIpc) is 1.19. The van der Waals surface area contributed by atoms with E-state index in [-0.39, 0.29) is 202 Å². The van der Waals surface area contributed by atoms with Gasteiger partial charge in [0.05, 0.1) is 160 Å². The van der Waals surface area contributed by atoms with Crippen molar-refractivity contribution in [3.8, 4) is 28.7 Å².